The molecule has 1 N–H and O–H groups in total. The molecule has 0 unspecified atom stereocenters. The second kappa shape index (κ2) is 6.20. The summed E-state index contributed by atoms with van der Waals surface area (Å²) in [5.74, 6) is 0.371. The lowest BCUT2D eigenvalue weighted by Gasteiger charge is -2.08. The molecule has 1 radical (unpaired) electrons. The van der Waals surface area contributed by atoms with Gasteiger partial charge in [0.15, 0.2) is 6.29 Å². The molecule has 93 valence electrons. The Bertz CT molecular complexity index is 532. The molecular weight excluding hydrogens is 224 g/mol. The molecule has 0 bridgehead atoms. The molecule has 0 saturated carbocycles. The third kappa shape index (κ3) is 2.89. The molecule has 2 aromatic carbocycles. The number of fused-ring (bicyclic) bond motifs is 1. The number of phenolic OH excluding ortho intramolecular Hbond substituents is 1. The van der Waals surface area contributed by atoms with Crippen molar-refractivity contribution in [1.82, 2.24) is 0 Å². The largest absolute Gasteiger partial charge is 0.508 e. The average molecular weight is 241 g/mol. The first-order valence-electron chi connectivity index (χ1n) is 6.37. The molecular formula is C16H17O2. The maximum absolute atomic E-state index is 10.1. The fourth-order valence-electron chi connectivity index (χ4n) is 2.26. The van der Waals surface area contributed by atoms with Crippen molar-refractivity contribution < 1.29 is 9.90 Å². The highest BCUT2D eigenvalue weighted by molar-refractivity contribution is 5.87. The minimum Gasteiger partial charge on any atom is -0.508 e. The van der Waals surface area contributed by atoms with Crippen LogP contribution >= 0.6 is 0 Å². The standard InChI is InChI=1S/C16H17O2/c17-12-6-2-1-3-9-15-14-8-5-4-7-13(14)10-11-16(15)18/h4-5,7-8,10-11,18H,1-3,6,9H2. The van der Waals surface area contributed by atoms with Gasteiger partial charge >= 0.3 is 0 Å². The van der Waals surface area contributed by atoms with E-state index < -0.39 is 0 Å². The zero-order chi connectivity index (χ0) is 12.8. The van der Waals surface area contributed by atoms with Crippen LogP contribution in [0.3, 0.4) is 0 Å². The second-order valence-electron chi connectivity index (χ2n) is 4.49. The van der Waals surface area contributed by atoms with E-state index in [0.29, 0.717) is 12.2 Å². The number of aromatic hydroxyl groups is 1. The first kappa shape index (κ1) is 12.6. The number of unbranched alkanes of at least 4 members (excludes halogenated alkanes) is 3. The van der Waals surface area contributed by atoms with E-state index in [2.05, 4.69) is 6.07 Å². The fourth-order valence-corrected chi connectivity index (χ4v) is 2.26. The van der Waals surface area contributed by atoms with Crippen LogP contribution in [0.15, 0.2) is 36.4 Å². The van der Waals surface area contributed by atoms with Gasteiger partial charge in [-0.05, 0) is 36.1 Å². The number of hydrogen-bond acceptors (Lipinski definition) is 2. The van der Waals surface area contributed by atoms with E-state index in [1.807, 2.05) is 30.6 Å². The Labute approximate surface area is 107 Å². The Balaban J connectivity index is 2.11. The Morgan fingerprint density at radius 1 is 1.00 bits per heavy atom. The van der Waals surface area contributed by atoms with Gasteiger partial charge in [0.25, 0.3) is 0 Å². The number of rotatable bonds is 6. The van der Waals surface area contributed by atoms with Crippen molar-refractivity contribution in [2.45, 2.75) is 32.1 Å². The van der Waals surface area contributed by atoms with Gasteiger partial charge in [0.05, 0.1) is 0 Å². The van der Waals surface area contributed by atoms with E-state index in [9.17, 15) is 9.90 Å². The number of carbonyl (C=O) groups excluding carboxylic acids is 1. The molecule has 0 fully saturated rings. The Kier molecular flexibility index (Phi) is 4.35. The molecule has 0 atom stereocenters. The van der Waals surface area contributed by atoms with Crippen LogP contribution < -0.4 is 0 Å². The summed E-state index contributed by atoms with van der Waals surface area (Å²) in [4.78, 5) is 10.1. The zero-order valence-corrected chi connectivity index (χ0v) is 10.4. The lowest BCUT2D eigenvalue weighted by molar-refractivity contribution is 0.467. The molecule has 0 spiro atoms. The van der Waals surface area contributed by atoms with Crippen molar-refractivity contribution in [2.24, 2.45) is 0 Å². The molecule has 0 aromatic heterocycles. The third-order valence-corrected chi connectivity index (χ3v) is 3.22. The summed E-state index contributed by atoms with van der Waals surface area (Å²) >= 11 is 0. The molecule has 0 amide bonds. The molecule has 0 aliphatic carbocycles. The van der Waals surface area contributed by atoms with Gasteiger partial charge in [0, 0.05) is 12.0 Å². The molecule has 2 heteroatoms. The second-order valence-corrected chi connectivity index (χ2v) is 4.49. The van der Waals surface area contributed by atoms with Crippen molar-refractivity contribution in [1.29, 1.82) is 0 Å². The third-order valence-electron chi connectivity index (χ3n) is 3.22. The van der Waals surface area contributed by atoms with Crippen molar-refractivity contribution in [3.05, 3.63) is 42.0 Å². The number of hydrogen-bond donors (Lipinski definition) is 1. The van der Waals surface area contributed by atoms with Gasteiger partial charge in [-0.3, -0.25) is 4.79 Å². The van der Waals surface area contributed by atoms with Crippen LogP contribution in [0.5, 0.6) is 5.75 Å². The Morgan fingerprint density at radius 3 is 2.67 bits per heavy atom. The van der Waals surface area contributed by atoms with Crippen LogP contribution in [-0.2, 0) is 11.2 Å². The summed E-state index contributed by atoms with van der Waals surface area (Å²) in [5.41, 5.74) is 1.02. The van der Waals surface area contributed by atoms with E-state index in [1.54, 1.807) is 6.07 Å². The van der Waals surface area contributed by atoms with E-state index >= 15 is 0 Å². The molecule has 2 nitrogen and oxygen atoms in total. The van der Waals surface area contributed by atoms with Crippen molar-refractivity contribution >= 4 is 17.1 Å². The minimum absolute atomic E-state index is 0.371. The molecule has 0 saturated heterocycles. The Morgan fingerprint density at radius 2 is 1.83 bits per heavy atom. The summed E-state index contributed by atoms with van der Waals surface area (Å²) in [6.07, 6.45) is 6.15. The van der Waals surface area contributed by atoms with Gasteiger partial charge in [-0.25, -0.2) is 0 Å². The van der Waals surface area contributed by atoms with Gasteiger partial charge in [-0.2, -0.15) is 0 Å². The van der Waals surface area contributed by atoms with Crippen LogP contribution in [0.4, 0.5) is 0 Å². The van der Waals surface area contributed by atoms with Crippen LogP contribution in [0.1, 0.15) is 31.2 Å². The topological polar surface area (TPSA) is 37.3 Å². The molecule has 18 heavy (non-hydrogen) atoms. The average Bonchev–Trinajstić information content (AvgIpc) is 2.41. The SMILES string of the molecule is O=[C]CCCCCc1c(O)ccc2ccccc12. The van der Waals surface area contributed by atoms with Crippen LogP contribution in [0.2, 0.25) is 0 Å². The predicted molar refractivity (Wildman–Crippen MR) is 73.5 cm³/mol. The maximum atomic E-state index is 10.1. The monoisotopic (exact) mass is 241 g/mol. The van der Waals surface area contributed by atoms with Crippen LogP contribution in [0, 0.1) is 0 Å². The summed E-state index contributed by atoms with van der Waals surface area (Å²) < 4.78 is 0. The van der Waals surface area contributed by atoms with Crippen LogP contribution in [0.25, 0.3) is 10.8 Å². The number of phenols is 1. The highest BCUT2D eigenvalue weighted by atomic mass is 16.3. The van der Waals surface area contributed by atoms with Gasteiger partial charge in [-0.1, -0.05) is 36.8 Å². The highest BCUT2D eigenvalue weighted by Gasteiger charge is 2.06. The fraction of sp³-hybridized carbons (Fsp3) is 0.312. The maximum Gasteiger partial charge on any atom is 0.198 e. The summed E-state index contributed by atoms with van der Waals surface area (Å²) in [7, 11) is 0. The first-order chi connectivity index (χ1) is 8.83. The molecule has 0 aliphatic heterocycles. The summed E-state index contributed by atoms with van der Waals surface area (Å²) in [6, 6.07) is 11.8. The normalized spacial score (nSPS) is 10.7. The van der Waals surface area contributed by atoms with Gasteiger partial charge in [0.2, 0.25) is 0 Å². The smallest absolute Gasteiger partial charge is 0.198 e. The van der Waals surface area contributed by atoms with Gasteiger partial charge in [0.1, 0.15) is 5.75 Å². The lowest BCUT2D eigenvalue weighted by atomic mass is 9.98. The van der Waals surface area contributed by atoms with Crippen molar-refractivity contribution in [3.63, 3.8) is 0 Å². The Hall–Kier alpha value is -1.83. The molecule has 0 aliphatic rings. The first-order valence-corrected chi connectivity index (χ1v) is 6.37. The van der Waals surface area contributed by atoms with E-state index in [0.717, 1.165) is 42.0 Å². The predicted octanol–water partition coefficient (Wildman–Crippen LogP) is 3.76. The quantitative estimate of drug-likeness (QED) is 0.782. The molecule has 2 aromatic rings. The molecule has 0 heterocycles. The zero-order valence-electron chi connectivity index (χ0n) is 10.4. The van der Waals surface area contributed by atoms with Gasteiger partial charge < -0.3 is 5.11 Å². The van der Waals surface area contributed by atoms with Crippen molar-refractivity contribution in [2.75, 3.05) is 0 Å². The van der Waals surface area contributed by atoms with E-state index in [1.165, 1.54) is 0 Å². The molecule has 2 rings (SSSR count). The highest BCUT2D eigenvalue weighted by Crippen LogP contribution is 2.28. The summed E-state index contributed by atoms with van der Waals surface area (Å²) in [5, 5.41) is 12.2. The number of aryl methyl sites for hydroxylation is 1. The van der Waals surface area contributed by atoms with E-state index in [4.69, 9.17) is 0 Å². The summed E-state index contributed by atoms with van der Waals surface area (Å²) in [6.45, 7) is 0. The van der Waals surface area contributed by atoms with Crippen molar-refractivity contribution in [3.8, 4) is 5.75 Å². The van der Waals surface area contributed by atoms with Gasteiger partial charge in [-0.15, -0.1) is 0 Å². The minimum atomic E-state index is 0.371. The number of benzene rings is 2. The van der Waals surface area contributed by atoms with E-state index in [-0.39, 0.29) is 0 Å². The van der Waals surface area contributed by atoms with Crippen LogP contribution in [-0.4, -0.2) is 11.4 Å². The lowest BCUT2D eigenvalue weighted by Crippen LogP contribution is -1.90.